The molecule has 0 N–H and O–H groups in total. The van der Waals surface area contributed by atoms with E-state index < -0.39 is 0 Å². The van der Waals surface area contributed by atoms with Crippen LogP contribution in [0.3, 0.4) is 0 Å². The van der Waals surface area contributed by atoms with Crippen LogP contribution in [0.2, 0.25) is 0 Å². The molecule has 0 aromatic rings. The standard InChI is InChI=1S/C12H18O/c1-8(2)11-6-5-7-12(9(11)3)10(4)13/h6-9H,5H2,1-4H3. The second-order valence-corrected chi connectivity index (χ2v) is 4.03. The third kappa shape index (κ3) is 2.09. The molecule has 0 saturated carbocycles. The second kappa shape index (κ2) is 3.91. The Kier molecular flexibility index (Phi) is 3.07. The van der Waals surface area contributed by atoms with E-state index in [0.717, 1.165) is 12.0 Å². The number of allylic oxidation sites excluding steroid dienone is 4. The lowest BCUT2D eigenvalue weighted by Crippen LogP contribution is -2.16. The minimum atomic E-state index is 0.221. The van der Waals surface area contributed by atoms with Gasteiger partial charge in [0.25, 0.3) is 0 Å². The number of rotatable bonds is 2. The molecule has 13 heavy (non-hydrogen) atoms. The van der Waals surface area contributed by atoms with Gasteiger partial charge in [-0.3, -0.25) is 4.79 Å². The topological polar surface area (TPSA) is 17.1 Å². The highest BCUT2D eigenvalue weighted by Gasteiger charge is 2.21. The van der Waals surface area contributed by atoms with Gasteiger partial charge in [0.05, 0.1) is 0 Å². The van der Waals surface area contributed by atoms with Crippen LogP contribution in [-0.4, -0.2) is 5.78 Å². The van der Waals surface area contributed by atoms with Gasteiger partial charge in [0.15, 0.2) is 5.78 Å². The minimum absolute atomic E-state index is 0.221. The quantitative estimate of drug-likeness (QED) is 0.594. The smallest absolute Gasteiger partial charge is 0.156 e. The lowest BCUT2D eigenvalue weighted by atomic mass is 9.80. The van der Waals surface area contributed by atoms with Crippen LogP contribution in [0, 0.1) is 11.8 Å². The Morgan fingerprint density at radius 2 is 2.08 bits per heavy atom. The number of hydrogen-bond acceptors (Lipinski definition) is 1. The van der Waals surface area contributed by atoms with Crippen molar-refractivity contribution in [3.63, 3.8) is 0 Å². The highest BCUT2D eigenvalue weighted by Crippen LogP contribution is 2.30. The summed E-state index contributed by atoms with van der Waals surface area (Å²) in [5.41, 5.74) is 2.40. The van der Waals surface area contributed by atoms with E-state index >= 15 is 0 Å². The van der Waals surface area contributed by atoms with E-state index in [0.29, 0.717) is 11.8 Å². The molecule has 0 bridgehead atoms. The average molecular weight is 178 g/mol. The van der Waals surface area contributed by atoms with Gasteiger partial charge in [-0.15, -0.1) is 0 Å². The van der Waals surface area contributed by atoms with E-state index in [1.165, 1.54) is 5.57 Å². The van der Waals surface area contributed by atoms with Gasteiger partial charge in [0.1, 0.15) is 0 Å². The molecule has 72 valence electrons. The van der Waals surface area contributed by atoms with Gasteiger partial charge >= 0.3 is 0 Å². The first-order chi connectivity index (χ1) is 6.04. The maximum absolute atomic E-state index is 11.3. The van der Waals surface area contributed by atoms with E-state index in [-0.39, 0.29) is 5.78 Å². The summed E-state index contributed by atoms with van der Waals surface area (Å²) in [7, 11) is 0. The van der Waals surface area contributed by atoms with E-state index in [4.69, 9.17) is 0 Å². The fraction of sp³-hybridized carbons (Fsp3) is 0.583. The number of ketones is 1. The highest BCUT2D eigenvalue weighted by atomic mass is 16.1. The number of Topliss-reactive ketones (excluding diaryl/α,β-unsaturated/α-hetero) is 1. The van der Waals surface area contributed by atoms with Crippen molar-refractivity contribution in [1.29, 1.82) is 0 Å². The summed E-state index contributed by atoms with van der Waals surface area (Å²) >= 11 is 0. The number of carbonyl (C=O) groups is 1. The molecule has 0 heterocycles. The fourth-order valence-electron chi connectivity index (χ4n) is 2.04. The molecule has 1 nitrogen and oxygen atoms in total. The Balaban J connectivity index is 2.86. The summed E-state index contributed by atoms with van der Waals surface area (Å²) < 4.78 is 0. The van der Waals surface area contributed by atoms with Crippen molar-refractivity contribution >= 4 is 5.78 Å². The van der Waals surface area contributed by atoms with Crippen LogP contribution >= 0.6 is 0 Å². The Morgan fingerprint density at radius 3 is 2.54 bits per heavy atom. The van der Waals surface area contributed by atoms with Gasteiger partial charge < -0.3 is 0 Å². The van der Waals surface area contributed by atoms with Crippen LogP contribution in [0.25, 0.3) is 0 Å². The van der Waals surface area contributed by atoms with Crippen molar-refractivity contribution in [2.24, 2.45) is 11.8 Å². The Morgan fingerprint density at radius 1 is 1.46 bits per heavy atom. The summed E-state index contributed by atoms with van der Waals surface area (Å²) in [5.74, 6) is 1.10. The maximum atomic E-state index is 11.3. The molecule has 0 aliphatic heterocycles. The fourth-order valence-corrected chi connectivity index (χ4v) is 2.04. The first-order valence-corrected chi connectivity index (χ1v) is 4.95. The van der Waals surface area contributed by atoms with Crippen molar-refractivity contribution in [2.45, 2.75) is 34.1 Å². The molecule has 1 aliphatic carbocycles. The number of carbonyl (C=O) groups excluding carboxylic acids is 1. The van der Waals surface area contributed by atoms with Gasteiger partial charge in [0, 0.05) is 5.92 Å². The Hall–Kier alpha value is -0.850. The summed E-state index contributed by atoms with van der Waals surface area (Å²) in [6.45, 7) is 8.15. The molecule has 0 saturated heterocycles. The molecule has 0 fully saturated rings. The zero-order valence-electron chi connectivity index (χ0n) is 8.92. The molecular weight excluding hydrogens is 160 g/mol. The van der Waals surface area contributed by atoms with Crippen LogP contribution in [0.1, 0.15) is 34.1 Å². The molecule has 0 radical (unpaired) electrons. The van der Waals surface area contributed by atoms with E-state index in [1.807, 2.05) is 0 Å². The van der Waals surface area contributed by atoms with Crippen molar-refractivity contribution in [3.8, 4) is 0 Å². The largest absolute Gasteiger partial charge is 0.295 e. The van der Waals surface area contributed by atoms with Crippen LogP contribution in [0.5, 0.6) is 0 Å². The minimum Gasteiger partial charge on any atom is -0.295 e. The predicted octanol–water partition coefficient (Wildman–Crippen LogP) is 3.12. The summed E-state index contributed by atoms with van der Waals surface area (Å²) in [4.78, 5) is 11.3. The molecule has 0 aromatic heterocycles. The van der Waals surface area contributed by atoms with Gasteiger partial charge in [0.2, 0.25) is 0 Å². The van der Waals surface area contributed by atoms with E-state index in [2.05, 4.69) is 32.9 Å². The van der Waals surface area contributed by atoms with Crippen molar-refractivity contribution in [1.82, 2.24) is 0 Å². The molecule has 1 heteroatoms. The third-order valence-corrected chi connectivity index (χ3v) is 2.73. The van der Waals surface area contributed by atoms with Crippen LogP contribution in [-0.2, 0) is 4.79 Å². The van der Waals surface area contributed by atoms with Gasteiger partial charge in [-0.2, -0.15) is 0 Å². The van der Waals surface area contributed by atoms with Crippen molar-refractivity contribution in [3.05, 3.63) is 23.3 Å². The van der Waals surface area contributed by atoms with Gasteiger partial charge in [-0.1, -0.05) is 38.5 Å². The third-order valence-electron chi connectivity index (χ3n) is 2.73. The predicted molar refractivity (Wildman–Crippen MR) is 55.5 cm³/mol. The number of hydrogen-bond donors (Lipinski definition) is 0. The van der Waals surface area contributed by atoms with Gasteiger partial charge in [-0.05, 0) is 24.8 Å². The molecule has 1 atom stereocenters. The normalized spacial score (nSPS) is 22.7. The SMILES string of the molecule is CC(=O)C1=CCC=C(C(C)C)C1C. The Bertz CT molecular complexity index is 269. The molecule has 0 aromatic carbocycles. The molecule has 0 amide bonds. The molecule has 1 aliphatic rings. The lowest BCUT2D eigenvalue weighted by molar-refractivity contribution is -0.114. The van der Waals surface area contributed by atoms with Gasteiger partial charge in [-0.25, -0.2) is 0 Å². The van der Waals surface area contributed by atoms with E-state index in [1.54, 1.807) is 6.92 Å². The van der Waals surface area contributed by atoms with Crippen molar-refractivity contribution in [2.75, 3.05) is 0 Å². The Labute approximate surface area is 80.5 Å². The molecule has 0 spiro atoms. The van der Waals surface area contributed by atoms with E-state index in [9.17, 15) is 4.79 Å². The first kappa shape index (κ1) is 10.2. The molecule has 1 unspecified atom stereocenters. The maximum Gasteiger partial charge on any atom is 0.156 e. The van der Waals surface area contributed by atoms with Crippen molar-refractivity contribution < 1.29 is 4.79 Å². The second-order valence-electron chi connectivity index (χ2n) is 4.03. The molecule has 1 rings (SSSR count). The van der Waals surface area contributed by atoms with Crippen LogP contribution < -0.4 is 0 Å². The van der Waals surface area contributed by atoms with Crippen LogP contribution in [0.15, 0.2) is 23.3 Å². The monoisotopic (exact) mass is 178 g/mol. The van der Waals surface area contributed by atoms with Crippen LogP contribution in [0.4, 0.5) is 0 Å². The zero-order chi connectivity index (χ0) is 10.0. The first-order valence-electron chi connectivity index (χ1n) is 4.95. The lowest BCUT2D eigenvalue weighted by Gasteiger charge is -2.24. The average Bonchev–Trinajstić information content (AvgIpc) is 2.03. The summed E-state index contributed by atoms with van der Waals surface area (Å²) in [6.07, 6.45) is 5.23. The molecular formula is C12H18O. The summed E-state index contributed by atoms with van der Waals surface area (Å²) in [6, 6.07) is 0. The zero-order valence-corrected chi connectivity index (χ0v) is 8.92. The summed E-state index contributed by atoms with van der Waals surface area (Å²) in [5, 5.41) is 0. The highest BCUT2D eigenvalue weighted by molar-refractivity contribution is 5.94.